The average Bonchev–Trinajstić information content (AvgIpc) is 3.22. The molecule has 1 unspecified atom stereocenters. The molecule has 0 spiro atoms. The Morgan fingerprint density at radius 3 is 3.00 bits per heavy atom. The van der Waals surface area contributed by atoms with Crippen LogP contribution >= 0.6 is 0 Å². The van der Waals surface area contributed by atoms with Crippen LogP contribution in [-0.2, 0) is 17.6 Å². The molecule has 0 saturated carbocycles. The number of aryl methyl sites for hydroxylation is 1. The first-order chi connectivity index (χ1) is 12.6. The fourth-order valence-corrected chi connectivity index (χ4v) is 3.90. The fraction of sp³-hybridized carbons (Fsp3) is 0.318. The van der Waals surface area contributed by atoms with Crippen molar-refractivity contribution in [1.82, 2.24) is 4.90 Å². The summed E-state index contributed by atoms with van der Waals surface area (Å²) in [6.07, 6.45) is 4.70. The lowest BCUT2D eigenvalue weighted by atomic mass is 10.0. The van der Waals surface area contributed by atoms with Gasteiger partial charge >= 0.3 is 0 Å². The molecular formula is C22H22FNO2. The topological polar surface area (TPSA) is 33.5 Å². The maximum absolute atomic E-state index is 13.4. The van der Waals surface area contributed by atoms with Gasteiger partial charge in [-0.2, -0.15) is 0 Å². The summed E-state index contributed by atoms with van der Waals surface area (Å²) < 4.78 is 19.1. The van der Waals surface area contributed by atoms with Crippen molar-refractivity contribution >= 4 is 16.9 Å². The van der Waals surface area contributed by atoms with E-state index in [-0.39, 0.29) is 17.8 Å². The Morgan fingerprint density at radius 2 is 2.15 bits per heavy atom. The Kier molecular flexibility index (Phi) is 4.49. The van der Waals surface area contributed by atoms with Gasteiger partial charge in [0.2, 0.25) is 5.91 Å². The van der Waals surface area contributed by atoms with Crippen molar-refractivity contribution in [2.45, 2.75) is 38.6 Å². The summed E-state index contributed by atoms with van der Waals surface area (Å²) in [4.78, 5) is 14.9. The van der Waals surface area contributed by atoms with Crippen LogP contribution in [0.4, 0.5) is 4.39 Å². The van der Waals surface area contributed by atoms with Gasteiger partial charge in [-0.1, -0.05) is 24.3 Å². The first kappa shape index (κ1) is 16.8. The number of carbonyl (C=O) groups is 1. The summed E-state index contributed by atoms with van der Waals surface area (Å²) in [5, 5.41) is 1.00. The Labute approximate surface area is 152 Å². The number of carbonyl (C=O) groups excluding carboxylic acids is 1. The molecule has 0 N–H and O–H groups in total. The second-order valence-corrected chi connectivity index (χ2v) is 7.15. The number of fused-ring (bicyclic) bond motifs is 1. The van der Waals surface area contributed by atoms with Crippen LogP contribution in [0.5, 0.6) is 0 Å². The van der Waals surface area contributed by atoms with Crippen LogP contribution in [-0.4, -0.2) is 23.4 Å². The fourth-order valence-electron chi connectivity index (χ4n) is 3.90. The summed E-state index contributed by atoms with van der Waals surface area (Å²) in [7, 11) is 0. The van der Waals surface area contributed by atoms with Gasteiger partial charge < -0.3 is 9.32 Å². The minimum atomic E-state index is -0.224. The molecule has 26 heavy (non-hydrogen) atoms. The van der Waals surface area contributed by atoms with Gasteiger partial charge in [-0.15, -0.1) is 0 Å². The monoisotopic (exact) mass is 351 g/mol. The second-order valence-electron chi connectivity index (χ2n) is 7.15. The van der Waals surface area contributed by atoms with Gasteiger partial charge in [0.15, 0.2) is 0 Å². The molecule has 1 amide bonds. The third-order valence-electron chi connectivity index (χ3n) is 5.21. The molecule has 1 saturated heterocycles. The molecule has 1 aromatic heterocycles. The Balaban J connectivity index is 1.49. The first-order valence-corrected chi connectivity index (χ1v) is 9.11. The molecule has 134 valence electrons. The Hall–Kier alpha value is -2.62. The van der Waals surface area contributed by atoms with Gasteiger partial charge in [0.25, 0.3) is 0 Å². The molecule has 3 aromatic rings. The average molecular weight is 351 g/mol. The van der Waals surface area contributed by atoms with Gasteiger partial charge in [0.05, 0.1) is 12.7 Å². The molecule has 0 radical (unpaired) electrons. The number of hydrogen-bond acceptors (Lipinski definition) is 2. The van der Waals surface area contributed by atoms with Crippen molar-refractivity contribution < 1.29 is 13.6 Å². The van der Waals surface area contributed by atoms with Crippen LogP contribution in [0, 0.1) is 12.7 Å². The Morgan fingerprint density at radius 1 is 1.27 bits per heavy atom. The minimum absolute atomic E-state index is 0.118. The van der Waals surface area contributed by atoms with Gasteiger partial charge in [-0.3, -0.25) is 4.79 Å². The summed E-state index contributed by atoms with van der Waals surface area (Å²) >= 11 is 0. The molecule has 3 nitrogen and oxygen atoms in total. The lowest BCUT2D eigenvalue weighted by Crippen LogP contribution is -2.37. The van der Waals surface area contributed by atoms with E-state index in [0.717, 1.165) is 47.0 Å². The normalized spacial score (nSPS) is 17.2. The van der Waals surface area contributed by atoms with Crippen LogP contribution < -0.4 is 0 Å². The molecule has 2 heterocycles. The lowest BCUT2D eigenvalue weighted by Gasteiger charge is -2.25. The van der Waals surface area contributed by atoms with Crippen molar-refractivity contribution in [3.63, 3.8) is 0 Å². The van der Waals surface area contributed by atoms with E-state index in [1.807, 2.05) is 36.1 Å². The molecule has 1 atom stereocenters. The van der Waals surface area contributed by atoms with E-state index < -0.39 is 0 Å². The van der Waals surface area contributed by atoms with Crippen molar-refractivity contribution in [2.24, 2.45) is 0 Å². The van der Waals surface area contributed by atoms with Crippen molar-refractivity contribution in [3.8, 4) is 0 Å². The summed E-state index contributed by atoms with van der Waals surface area (Å²) in [5.41, 5.74) is 3.84. The molecule has 4 rings (SSSR count). The molecule has 0 bridgehead atoms. The number of furan rings is 1. The van der Waals surface area contributed by atoms with E-state index in [1.165, 1.54) is 6.07 Å². The predicted octanol–water partition coefficient (Wildman–Crippen LogP) is 4.66. The highest BCUT2D eigenvalue weighted by Crippen LogP contribution is 2.26. The molecule has 1 aliphatic rings. The van der Waals surface area contributed by atoms with Gasteiger partial charge in [0, 0.05) is 23.5 Å². The maximum atomic E-state index is 13.4. The zero-order valence-electron chi connectivity index (χ0n) is 14.9. The van der Waals surface area contributed by atoms with Crippen LogP contribution in [0.15, 0.2) is 53.1 Å². The highest BCUT2D eigenvalue weighted by atomic mass is 19.1. The molecule has 0 aliphatic carbocycles. The van der Waals surface area contributed by atoms with Crippen molar-refractivity contribution in [2.75, 3.05) is 6.54 Å². The van der Waals surface area contributed by atoms with E-state index in [2.05, 4.69) is 0 Å². The van der Waals surface area contributed by atoms with Crippen LogP contribution in [0.2, 0.25) is 0 Å². The number of benzene rings is 2. The maximum Gasteiger partial charge on any atom is 0.227 e. The van der Waals surface area contributed by atoms with E-state index >= 15 is 0 Å². The molecular weight excluding hydrogens is 329 g/mol. The molecule has 1 aliphatic heterocycles. The zero-order valence-corrected chi connectivity index (χ0v) is 14.9. The zero-order chi connectivity index (χ0) is 18.1. The second kappa shape index (κ2) is 6.94. The number of amides is 1. The quantitative estimate of drug-likeness (QED) is 0.685. The SMILES string of the molecule is Cc1ccc2c(CC(=O)N3CCCC3Cc3cccc(F)c3)coc2c1. The largest absolute Gasteiger partial charge is 0.464 e. The number of hydrogen-bond donors (Lipinski definition) is 0. The lowest BCUT2D eigenvalue weighted by molar-refractivity contribution is -0.131. The van der Waals surface area contributed by atoms with Crippen molar-refractivity contribution in [3.05, 3.63) is 71.2 Å². The number of likely N-dealkylation sites (tertiary alicyclic amines) is 1. The number of nitrogens with zero attached hydrogens (tertiary/aromatic N) is 1. The standard InChI is InChI=1S/C22H22FNO2/c1-15-7-8-20-17(14-26-21(20)10-15)13-22(25)24-9-3-6-19(24)12-16-4-2-5-18(23)11-16/h2,4-5,7-8,10-11,14,19H,3,6,9,12-13H2,1H3. The Bertz CT molecular complexity index is 946. The predicted molar refractivity (Wildman–Crippen MR) is 99.5 cm³/mol. The highest BCUT2D eigenvalue weighted by molar-refractivity contribution is 5.88. The highest BCUT2D eigenvalue weighted by Gasteiger charge is 2.29. The van der Waals surface area contributed by atoms with E-state index in [0.29, 0.717) is 12.8 Å². The minimum Gasteiger partial charge on any atom is -0.464 e. The molecule has 4 heteroatoms. The smallest absolute Gasteiger partial charge is 0.227 e. The van der Waals surface area contributed by atoms with E-state index in [9.17, 15) is 9.18 Å². The van der Waals surface area contributed by atoms with Gasteiger partial charge in [-0.25, -0.2) is 4.39 Å². The number of halogens is 1. The third kappa shape index (κ3) is 3.36. The van der Waals surface area contributed by atoms with Crippen LogP contribution in [0.25, 0.3) is 11.0 Å². The number of rotatable bonds is 4. The third-order valence-corrected chi connectivity index (χ3v) is 5.21. The van der Waals surface area contributed by atoms with Crippen LogP contribution in [0.1, 0.15) is 29.5 Å². The molecule has 1 fully saturated rings. The van der Waals surface area contributed by atoms with Crippen LogP contribution in [0.3, 0.4) is 0 Å². The molecule has 2 aromatic carbocycles. The first-order valence-electron chi connectivity index (χ1n) is 9.11. The van der Waals surface area contributed by atoms with Gasteiger partial charge in [0.1, 0.15) is 11.4 Å². The summed E-state index contributed by atoms with van der Waals surface area (Å²) in [6.45, 7) is 2.79. The van der Waals surface area contributed by atoms with E-state index in [4.69, 9.17) is 4.42 Å². The summed E-state index contributed by atoms with van der Waals surface area (Å²) in [6, 6.07) is 12.9. The van der Waals surface area contributed by atoms with Gasteiger partial charge in [-0.05, 0) is 55.5 Å². The van der Waals surface area contributed by atoms with E-state index in [1.54, 1.807) is 18.4 Å². The summed E-state index contributed by atoms with van der Waals surface area (Å²) in [5.74, 6) is -0.106. The van der Waals surface area contributed by atoms with Crippen molar-refractivity contribution in [1.29, 1.82) is 0 Å².